The van der Waals surface area contributed by atoms with Crippen LogP contribution in [-0.2, 0) is 14.3 Å². The molecule has 0 fully saturated rings. The average molecular weight is 373 g/mol. The van der Waals surface area contributed by atoms with Crippen molar-refractivity contribution in [2.45, 2.75) is 4.90 Å². The molecule has 2 rings (SSSR count). The van der Waals surface area contributed by atoms with Gasteiger partial charge in [0.05, 0.1) is 11.4 Å². The van der Waals surface area contributed by atoms with E-state index >= 15 is 0 Å². The van der Waals surface area contributed by atoms with E-state index in [2.05, 4.69) is 10.3 Å². The Kier molecular flexibility index (Phi) is 6.51. The number of anilines is 1. The number of esters is 1. The summed E-state index contributed by atoms with van der Waals surface area (Å²) >= 11 is 6.55. The van der Waals surface area contributed by atoms with Crippen molar-refractivity contribution in [3.63, 3.8) is 0 Å². The minimum atomic E-state index is -0.740. The zero-order valence-corrected chi connectivity index (χ0v) is 13.7. The van der Waals surface area contributed by atoms with Crippen molar-refractivity contribution in [1.29, 1.82) is 0 Å². The molecule has 0 aliphatic rings. The number of benzene rings is 1. The first-order chi connectivity index (χ1) is 11.5. The molecule has 1 N–H and O–H groups in total. The van der Waals surface area contributed by atoms with Crippen molar-refractivity contribution in [1.82, 2.24) is 4.98 Å². The molecule has 5 nitrogen and oxygen atoms in total. The lowest BCUT2D eigenvalue weighted by molar-refractivity contribution is -0.144. The number of thioether (sulfide) groups is 1. The summed E-state index contributed by atoms with van der Waals surface area (Å²) in [7, 11) is 0. The lowest BCUT2D eigenvalue weighted by Crippen LogP contribution is -2.21. The Labute approximate surface area is 145 Å². The molecule has 0 aliphatic carbocycles. The highest BCUT2D eigenvalue weighted by Crippen LogP contribution is 2.22. The standard InChI is InChI=1S/C15H11ClF2N2O3S/c16-15-11(2-1-5-19-15)20-13(21)7-23-14(22)8-24-12-6-9(17)3-4-10(12)18/h1-6H,7-8H2,(H,20,21). The Bertz CT molecular complexity index is 761. The van der Waals surface area contributed by atoms with E-state index in [0.29, 0.717) is 0 Å². The van der Waals surface area contributed by atoms with Crippen LogP contribution < -0.4 is 5.32 Å². The molecule has 0 unspecified atom stereocenters. The predicted molar refractivity (Wildman–Crippen MR) is 85.9 cm³/mol. The number of carbonyl (C=O) groups excluding carboxylic acids is 2. The molecule has 9 heteroatoms. The Balaban J connectivity index is 1.77. The van der Waals surface area contributed by atoms with E-state index in [0.717, 1.165) is 30.0 Å². The number of nitrogens with one attached hydrogen (secondary N) is 1. The molecule has 0 aliphatic heterocycles. The summed E-state index contributed by atoms with van der Waals surface area (Å²) < 4.78 is 31.1. The van der Waals surface area contributed by atoms with Gasteiger partial charge < -0.3 is 10.1 Å². The largest absolute Gasteiger partial charge is 0.455 e. The number of aromatic nitrogens is 1. The van der Waals surface area contributed by atoms with E-state index in [1.54, 1.807) is 6.07 Å². The molecule has 0 saturated heterocycles. The van der Waals surface area contributed by atoms with Gasteiger partial charge in [0.2, 0.25) is 0 Å². The SMILES string of the molecule is O=C(COC(=O)CSc1cc(F)ccc1F)Nc1cccnc1Cl. The normalized spacial score (nSPS) is 10.3. The maximum Gasteiger partial charge on any atom is 0.316 e. The first kappa shape index (κ1) is 18.2. The van der Waals surface area contributed by atoms with Crippen LogP contribution in [0.25, 0.3) is 0 Å². The Morgan fingerprint density at radius 1 is 1.29 bits per heavy atom. The minimum absolute atomic E-state index is 0.0152. The van der Waals surface area contributed by atoms with Gasteiger partial charge in [0.1, 0.15) is 11.6 Å². The smallest absolute Gasteiger partial charge is 0.316 e. The quantitative estimate of drug-likeness (QED) is 0.479. The number of rotatable bonds is 6. The molecule has 24 heavy (non-hydrogen) atoms. The predicted octanol–water partition coefficient (Wildman–Crippen LogP) is 3.29. The number of hydrogen-bond donors (Lipinski definition) is 1. The van der Waals surface area contributed by atoms with Gasteiger partial charge in [-0.05, 0) is 30.3 Å². The van der Waals surface area contributed by atoms with Gasteiger partial charge in [0, 0.05) is 11.1 Å². The first-order valence-corrected chi connectivity index (χ1v) is 7.96. The van der Waals surface area contributed by atoms with Gasteiger partial charge in [0.25, 0.3) is 5.91 Å². The van der Waals surface area contributed by atoms with E-state index in [1.807, 2.05) is 0 Å². The zero-order chi connectivity index (χ0) is 17.5. The van der Waals surface area contributed by atoms with Crippen molar-refractivity contribution in [3.8, 4) is 0 Å². The van der Waals surface area contributed by atoms with Crippen LogP contribution in [0.5, 0.6) is 0 Å². The summed E-state index contributed by atoms with van der Waals surface area (Å²) in [5.41, 5.74) is 0.288. The van der Waals surface area contributed by atoms with Gasteiger partial charge in [-0.15, -0.1) is 11.8 Å². The second kappa shape index (κ2) is 8.60. The first-order valence-electron chi connectivity index (χ1n) is 6.59. The number of amides is 1. The van der Waals surface area contributed by atoms with Gasteiger partial charge in [-0.2, -0.15) is 0 Å². The average Bonchev–Trinajstić information content (AvgIpc) is 2.56. The van der Waals surface area contributed by atoms with E-state index in [-0.39, 0.29) is 21.5 Å². The zero-order valence-electron chi connectivity index (χ0n) is 12.1. The molecule has 0 atom stereocenters. The second-order valence-corrected chi connectivity index (χ2v) is 5.79. The Morgan fingerprint density at radius 2 is 2.08 bits per heavy atom. The maximum atomic E-state index is 13.4. The fourth-order valence-corrected chi connectivity index (χ4v) is 2.50. The van der Waals surface area contributed by atoms with Crippen LogP contribution in [0.2, 0.25) is 5.15 Å². The lowest BCUT2D eigenvalue weighted by atomic mass is 10.3. The van der Waals surface area contributed by atoms with Crippen LogP contribution in [0.1, 0.15) is 0 Å². The van der Waals surface area contributed by atoms with Crippen molar-refractivity contribution < 1.29 is 23.1 Å². The summed E-state index contributed by atoms with van der Waals surface area (Å²) in [6, 6.07) is 6.04. The second-order valence-electron chi connectivity index (χ2n) is 4.41. The molecular weight excluding hydrogens is 362 g/mol. The Morgan fingerprint density at radius 3 is 2.83 bits per heavy atom. The number of nitrogens with zero attached hydrogens (tertiary/aromatic N) is 1. The van der Waals surface area contributed by atoms with Crippen LogP contribution in [0.3, 0.4) is 0 Å². The summed E-state index contributed by atoms with van der Waals surface area (Å²) in [4.78, 5) is 27.0. The summed E-state index contributed by atoms with van der Waals surface area (Å²) in [6.07, 6.45) is 1.46. The number of carbonyl (C=O) groups is 2. The lowest BCUT2D eigenvalue weighted by Gasteiger charge is -2.07. The molecule has 0 bridgehead atoms. The van der Waals surface area contributed by atoms with Gasteiger partial charge in [-0.1, -0.05) is 11.6 Å². The van der Waals surface area contributed by atoms with Crippen molar-refractivity contribution >= 4 is 40.9 Å². The van der Waals surface area contributed by atoms with Gasteiger partial charge in [-0.3, -0.25) is 9.59 Å². The van der Waals surface area contributed by atoms with E-state index < -0.39 is 30.1 Å². The monoisotopic (exact) mass is 372 g/mol. The molecule has 1 heterocycles. The van der Waals surface area contributed by atoms with Crippen LogP contribution in [0, 0.1) is 11.6 Å². The van der Waals surface area contributed by atoms with E-state index in [9.17, 15) is 18.4 Å². The maximum absolute atomic E-state index is 13.4. The van der Waals surface area contributed by atoms with Crippen molar-refractivity contribution in [3.05, 3.63) is 53.3 Å². The molecule has 1 aromatic carbocycles. The van der Waals surface area contributed by atoms with E-state index in [4.69, 9.17) is 16.3 Å². The third-order valence-corrected chi connectivity index (χ3v) is 3.94. The highest BCUT2D eigenvalue weighted by molar-refractivity contribution is 8.00. The molecular formula is C15H11ClF2N2O3S. The summed E-state index contributed by atoms with van der Waals surface area (Å²) in [5, 5.41) is 2.53. The van der Waals surface area contributed by atoms with Crippen LogP contribution in [0.15, 0.2) is 41.4 Å². The number of ether oxygens (including phenoxy) is 1. The van der Waals surface area contributed by atoms with Crippen molar-refractivity contribution in [2.75, 3.05) is 17.7 Å². The van der Waals surface area contributed by atoms with Crippen LogP contribution in [-0.4, -0.2) is 29.2 Å². The van der Waals surface area contributed by atoms with Crippen molar-refractivity contribution in [2.24, 2.45) is 0 Å². The topological polar surface area (TPSA) is 68.3 Å². The third-order valence-electron chi connectivity index (χ3n) is 2.64. The third kappa shape index (κ3) is 5.47. The molecule has 0 radical (unpaired) electrons. The summed E-state index contributed by atoms with van der Waals surface area (Å²) in [6.45, 7) is -0.531. The molecule has 0 spiro atoms. The Hall–Kier alpha value is -2.19. The number of hydrogen-bond acceptors (Lipinski definition) is 5. The van der Waals surface area contributed by atoms with E-state index in [1.165, 1.54) is 12.3 Å². The van der Waals surface area contributed by atoms with Gasteiger partial charge in [-0.25, -0.2) is 13.8 Å². The number of halogens is 3. The number of pyridine rings is 1. The molecule has 0 saturated carbocycles. The fourth-order valence-electron chi connectivity index (χ4n) is 1.58. The summed E-state index contributed by atoms with van der Waals surface area (Å²) in [5.74, 6) is -2.85. The fraction of sp³-hybridized carbons (Fsp3) is 0.133. The minimum Gasteiger partial charge on any atom is -0.455 e. The molecule has 2 aromatic rings. The van der Waals surface area contributed by atoms with Crippen LogP contribution in [0.4, 0.5) is 14.5 Å². The van der Waals surface area contributed by atoms with Crippen LogP contribution >= 0.6 is 23.4 Å². The van der Waals surface area contributed by atoms with Gasteiger partial charge in [0.15, 0.2) is 11.8 Å². The highest BCUT2D eigenvalue weighted by Gasteiger charge is 2.12. The molecule has 126 valence electrons. The van der Waals surface area contributed by atoms with Gasteiger partial charge >= 0.3 is 5.97 Å². The highest BCUT2D eigenvalue weighted by atomic mass is 35.5. The molecule has 1 amide bonds. The molecule has 1 aromatic heterocycles.